The zero-order chi connectivity index (χ0) is 10.0. The van der Waals surface area contributed by atoms with Crippen LogP contribution in [0.2, 0.25) is 0 Å². The summed E-state index contributed by atoms with van der Waals surface area (Å²) in [6.45, 7) is 0.0147. The van der Waals surface area contributed by atoms with Crippen LogP contribution in [0.25, 0.3) is 0 Å². The minimum atomic E-state index is -0.950. The summed E-state index contributed by atoms with van der Waals surface area (Å²) in [4.78, 5) is 23.1. The minimum Gasteiger partial charge on any atom is -0.388 e. The van der Waals surface area contributed by atoms with Gasteiger partial charge in [0, 0.05) is 20.1 Å². The Morgan fingerprint density at radius 3 is 2.15 bits per heavy atom. The molecule has 1 aliphatic rings. The summed E-state index contributed by atoms with van der Waals surface area (Å²) < 4.78 is 0. The molecular formula is C7H12N2O4. The van der Waals surface area contributed by atoms with Crippen LogP contribution in [-0.2, 0) is 9.59 Å². The van der Waals surface area contributed by atoms with Crippen LogP contribution in [0.1, 0.15) is 0 Å². The Labute approximate surface area is 75.1 Å². The number of carbonyl (C=O) groups excluding carboxylic acids is 2. The van der Waals surface area contributed by atoms with Crippen molar-refractivity contribution in [2.24, 2.45) is 0 Å². The number of nitrogens with zero attached hydrogens (tertiary/aromatic N) is 1. The third-order valence-electron chi connectivity index (χ3n) is 1.97. The maximum atomic E-state index is 11.2. The second-order valence-electron chi connectivity index (χ2n) is 2.92. The molecule has 0 bridgehead atoms. The Hall–Kier alpha value is -1.14. The summed E-state index contributed by atoms with van der Waals surface area (Å²) in [5, 5.41) is 20.4. The van der Waals surface area contributed by atoms with Gasteiger partial charge in [-0.15, -0.1) is 0 Å². The zero-order valence-electron chi connectivity index (χ0n) is 7.23. The van der Waals surface area contributed by atoms with Crippen LogP contribution in [0, 0.1) is 0 Å². The quantitative estimate of drug-likeness (QED) is 0.361. The molecule has 2 amide bonds. The van der Waals surface area contributed by atoms with E-state index in [9.17, 15) is 9.59 Å². The van der Waals surface area contributed by atoms with Gasteiger partial charge in [0.2, 0.25) is 0 Å². The molecule has 6 heteroatoms. The van der Waals surface area contributed by atoms with Crippen molar-refractivity contribution in [3.8, 4) is 0 Å². The second-order valence-corrected chi connectivity index (χ2v) is 2.92. The number of amides is 2. The standard InChI is InChI=1S/C7H12N2O4/c1-8-6(12)7(13)9-2-4(10)5(11)3-9/h4-5,10-11H,2-3H2,1H3,(H,8,12)/t4-,5+. The van der Waals surface area contributed by atoms with E-state index in [1.165, 1.54) is 7.05 Å². The molecule has 0 aromatic rings. The van der Waals surface area contributed by atoms with Crippen LogP contribution in [0.5, 0.6) is 0 Å². The highest BCUT2D eigenvalue weighted by molar-refractivity contribution is 6.34. The number of likely N-dealkylation sites (tertiary alicyclic amines) is 1. The monoisotopic (exact) mass is 188 g/mol. The van der Waals surface area contributed by atoms with E-state index >= 15 is 0 Å². The highest BCUT2D eigenvalue weighted by atomic mass is 16.3. The molecule has 6 nitrogen and oxygen atoms in total. The molecular weight excluding hydrogens is 176 g/mol. The molecule has 0 unspecified atom stereocenters. The largest absolute Gasteiger partial charge is 0.388 e. The molecule has 1 rings (SSSR count). The van der Waals surface area contributed by atoms with E-state index in [4.69, 9.17) is 10.2 Å². The highest BCUT2D eigenvalue weighted by Crippen LogP contribution is 2.09. The average Bonchev–Trinajstić information content (AvgIpc) is 2.44. The summed E-state index contributed by atoms with van der Waals surface area (Å²) in [5.74, 6) is -1.46. The fraction of sp³-hybridized carbons (Fsp3) is 0.714. The van der Waals surface area contributed by atoms with Crippen molar-refractivity contribution < 1.29 is 19.8 Å². The van der Waals surface area contributed by atoms with Crippen LogP contribution < -0.4 is 5.32 Å². The van der Waals surface area contributed by atoms with Crippen LogP contribution in [0.4, 0.5) is 0 Å². The van der Waals surface area contributed by atoms with E-state index < -0.39 is 24.0 Å². The van der Waals surface area contributed by atoms with Gasteiger partial charge in [-0.2, -0.15) is 0 Å². The SMILES string of the molecule is CNC(=O)C(=O)N1C[C@@H](O)[C@@H](O)C1. The fourth-order valence-electron chi connectivity index (χ4n) is 1.19. The molecule has 1 saturated heterocycles. The molecule has 0 radical (unpaired) electrons. The molecule has 13 heavy (non-hydrogen) atoms. The van der Waals surface area contributed by atoms with E-state index in [2.05, 4.69) is 5.32 Å². The molecule has 3 N–H and O–H groups in total. The summed E-state index contributed by atoms with van der Waals surface area (Å²) in [6.07, 6.45) is -1.90. The molecule has 0 aromatic carbocycles. The van der Waals surface area contributed by atoms with Gasteiger partial charge in [0.05, 0.1) is 12.2 Å². The summed E-state index contributed by atoms with van der Waals surface area (Å²) in [7, 11) is 1.35. The van der Waals surface area contributed by atoms with Crippen LogP contribution in [0.3, 0.4) is 0 Å². The predicted octanol–water partition coefficient (Wildman–Crippen LogP) is -2.70. The van der Waals surface area contributed by atoms with Gasteiger partial charge in [-0.25, -0.2) is 0 Å². The molecule has 0 aliphatic carbocycles. The van der Waals surface area contributed by atoms with E-state index in [-0.39, 0.29) is 13.1 Å². The number of hydrogen-bond donors (Lipinski definition) is 3. The van der Waals surface area contributed by atoms with Crippen LogP contribution in [0.15, 0.2) is 0 Å². The van der Waals surface area contributed by atoms with Gasteiger partial charge in [-0.3, -0.25) is 9.59 Å². The molecule has 0 aromatic heterocycles. The van der Waals surface area contributed by atoms with E-state index in [1.807, 2.05) is 0 Å². The van der Waals surface area contributed by atoms with E-state index in [0.29, 0.717) is 0 Å². The Morgan fingerprint density at radius 1 is 1.31 bits per heavy atom. The van der Waals surface area contributed by atoms with Crippen molar-refractivity contribution in [2.75, 3.05) is 20.1 Å². The van der Waals surface area contributed by atoms with Crippen molar-refractivity contribution in [3.63, 3.8) is 0 Å². The molecule has 1 aliphatic heterocycles. The fourth-order valence-corrected chi connectivity index (χ4v) is 1.19. The van der Waals surface area contributed by atoms with Gasteiger partial charge in [0.25, 0.3) is 0 Å². The number of aliphatic hydroxyl groups excluding tert-OH is 2. The molecule has 1 fully saturated rings. The lowest BCUT2D eigenvalue weighted by molar-refractivity contribution is -0.145. The number of likely N-dealkylation sites (N-methyl/N-ethyl adjacent to an activating group) is 1. The van der Waals surface area contributed by atoms with Crippen LogP contribution >= 0.6 is 0 Å². The summed E-state index contributed by atoms with van der Waals surface area (Å²) in [5.41, 5.74) is 0. The van der Waals surface area contributed by atoms with Gasteiger partial charge in [-0.05, 0) is 0 Å². The van der Waals surface area contributed by atoms with Crippen molar-refractivity contribution >= 4 is 11.8 Å². The predicted molar refractivity (Wildman–Crippen MR) is 42.7 cm³/mol. The molecule has 0 saturated carbocycles. The van der Waals surface area contributed by atoms with Gasteiger partial charge < -0.3 is 20.4 Å². The normalized spacial score (nSPS) is 27.5. The molecule has 74 valence electrons. The lowest BCUT2D eigenvalue weighted by Gasteiger charge is -2.13. The Morgan fingerprint density at radius 2 is 1.77 bits per heavy atom. The van der Waals surface area contributed by atoms with Crippen molar-refractivity contribution in [2.45, 2.75) is 12.2 Å². The Bertz CT molecular complexity index is 221. The van der Waals surface area contributed by atoms with Crippen LogP contribution in [-0.4, -0.2) is 59.3 Å². The number of aliphatic hydroxyl groups is 2. The average molecular weight is 188 g/mol. The summed E-state index contributed by atoms with van der Waals surface area (Å²) >= 11 is 0. The molecule has 2 atom stereocenters. The molecule has 0 spiro atoms. The Balaban J connectivity index is 2.56. The smallest absolute Gasteiger partial charge is 0.312 e. The van der Waals surface area contributed by atoms with Gasteiger partial charge in [0.15, 0.2) is 0 Å². The Kier molecular flexibility index (Phi) is 2.84. The number of carbonyl (C=O) groups is 2. The first-order chi connectivity index (χ1) is 6.06. The second kappa shape index (κ2) is 3.71. The minimum absolute atomic E-state index is 0.00736. The van der Waals surface area contributed by atoms with Crippen molar-refractivity contribution in [1.29, 1.82) is 0 Å². The van der Waals surface area contributed by atoms with Gasteiger partial charge >= 0.3 is 11.8 Å². The molecule has 1 heterocycles. The third-order valence-corrected chi connectivity index (χ3v) is 1.97. The highest BCUT2D eigenvalue weighted by Gasteiger charge is 2.34. The summed E-state index contributed by atoms with van der Waals surface area (Å²) in [6, 6.07) is 0. The lowest BCUT2D eigenvalue weighted by Crippen LogP contribution is -2.41. The first-order valence-corrected chi connectivity index (χ1v) is 3.93. The topological polar surface area (TPSA) is 89.9 Å². The number of hydrogen-bond acceptors (Lipinski definition) is 4. The van der Waals surface area contributed by atoms with Gasteiger partial charge in [0.1, 0.15) is 0 Å². The number of nitrogens with one attached hydrogen (secondary N) is 1. The van der Waals surface area contributed by atoms with Crippen molar-refractivity contribution in [1.82, 2.24) is 10.2 Å². The number of β-amino-alcohol motifs (C(OH)–C–C–N with tert-alkyl or cyclic N) is 2. The van der Waals surface area contributed by atoms with E-state index in [1.54, 1.807) is 0 Å². The third kappa shape index (κ3) is 1.96. The maximum absolute atomic E-state index is 11.2. The first-order valence-electron chi connectivity index (χ1n) is 3.93. The zero-order valence-corrected chi connectivity index (χ0v) is 7.23. The first kappa shape index (κ1) is 9.94. The maximum Gasteiger partial charge on any atom is 0.312 e. The lowest BCUT2D eigenvalue weighted by atomic mass is 10.3. The van der Waals surface area contributed by atoms with E-state index in [0.717, 1.165) is 4.90 Å². The van der Waals surface area contributed by atoms with Gasteiger partial charge in [-0.1, -0.05) is 0 Å². The number of rotatable bonds is 0. The van der Waals surface area contributed by atoms with Crippen molar-refractivity contribution in [3.05, 3.63) is 0 Å².